The first-order chi connectivity index (χ1) is 14.9. The van der Waals surface area contributed by atoms with E-state index >= 15 is 0 Å². The fourth-order valence-electron chi connectivity index (χ4n) is 3.09. The van der Waals surface area contributed by atoms with Gasteiger partial charge < -0.3 is 20.3 Å². The van der Waals surface area contributed by atoms with Crippen LogP contribution in [0.2, 0.25) is 0 Å². The molecule has 158 valence electrons. The maximum atomic E-state index is 12.2. The molecule has 0 bridgehead atoms. The van der Waals surface area contributed by atoms with Gasteiger partial charge in [-0.3, -0.25) is 9.48 Å². The van der Waals surface area contributed by atoms with Gasteiger partial charge in [-0.1, -0.05) is 17.3 Å². The Labute approximate surface area is 176 Å². The van der Waals surface area contributed by atoms with E-state index in [0.717, 1.165) is 16.3 Å². The van der Waals surface area contributed by atoms with E-state index < -0.39 is 5.97 Å². The number of aromatic nitrogens is 5. The molecule has 3 N–H and O–H groups in total. The van der Waals surface area contributed by atoms with Crippen molar-refractivity contribution in [1.29, 1.82) is 0 Å². The Hall–Kier alpha value is -4.28. The van der Waals surface area contributed by atoms with E-state index in [1.165, 1.54) is 17.8 Å². The predicted octanol–water partition coefficient (Wildman–Crippen LogP) is 2.47. The second-order valence-electron chi connectivity index (χ2n) is 6.80. The lowest BCUT2D eigenvalue weighted by molar-refractivity contribution is -0.116. The maximum absolute atomic E-state index is 12.2. The zero-order valence-corrected chi connectivity index (χ0v) is 16.8. The van der Waals surface area contributed by atoms with Gasteiger partial charge in [0.1, 0.15) is 11.5 Å². The maximum Gasteiger partial charge on any atom is 0.354 e. The number of pyridine rings is 1. The van der Waals surface area contributed by atoms with Crippen molar-refractivity contribution < 1.29 is 19.2 Å². The van der Waals surface area contributed by atoms with Gasteiger partial charge in [0, 0.05) is 50.1 Å². The third-order valence-corrected chi connectivity index (χ3v) is 4.56. The van der Waals surface area contributed by atoms with Crippen LogP contribution in [0.15, 0.2) is 41.1 Å². The molecule has 11 heteroatoms. The van der Waals surface area contributed by atoms with Gasteiger partial charge in [-0.05, 0) is 17.5 Å². The van der Waals surface area contributed by atoms with Gasteiger partial charge >= 0.3 is 5.97 Å². The Morgan fingerprint density at radius 1 is 1.23 bits per heavy atom. The van der Waals surface area contributed by atoms with Crippen molar-refractivity contribution in [2.24, 2.45) is 7.05 Å². The summed E-state index contributed by atoms with van der Waals surface area (Å²) in [5, 5.41) is 24.6. The molecule has 0 spiro atoms. The Morgan fingerprint density at radius 3 is 2.77 bits per heavy atom. The average Bonchev–Trinajstić information content (AvgIpc) is 3.33. The molecule has 31 heavy (non-hydrogen) atoms. The van der Waals surface area contributed by atoms with Crippen LogP contribution in [0.25, 0.3) is 22.2 Å². The quantitative estimate of drug-likeness (QED) is 0.409. The van der Waals surface area contributed by atoms with Gasteiger partial charge in [0.15, 0.2) is 5.82 Å². The van der Waals surface area contributed by atoms with Crippen LogP contribution in [0.3, 0.4) is 0 Å². The standard InChI is InChI=1S/C20H19N7O4/c1-11-23-18(26-31-11)13-4-3-12-5-7-21-19(14(12)9-13)22-8-6-17(28)24-16-10-15(20(29)30)27(2)25-16/h3-5,7,9-10H,6,8H2,1-2H3,(H,21,22)(H,29,30)(H,24,25,28). The van der Waals surface area contributed by atoms with Crippen LogP contribution < -0.4 is 10.6 Å². The summed E-state index contributed by atoms with van der Waals surface area (Å²) in [6, 6.07) is 8.95. The second-order valence-corrected chi connectivity index (χ2v) is 6.80. The van der Waals surface area contributed by atoms with Crippen molar-refractivity contribution >= 4 is 34.3 Å². The number of aromatic carboxylic acids is 1. The van der Waals surface area contributed by atoms with Crippen molar-refractivity contribution in [3.8, 4) is 11.4 Å². The summed E-state index contributed by atoms with van der Waals surface area (Å²) in [5.41, 5.74) is 0.781. The first-order valence-corrected chi connectivity index (χ1v) is 9.41. The molecule has 1 amide bonds. The summed E-state index contributed by atoms with van der Waals surface area (Å²) >= 11 is 0. The minimum Gasteiger partial charge on any atom is -0.477 e. The molecule has 3 aromatic heterocycles. The number of nitrogens with one attached hydrogen (secondary N) is 2. The van der Waals surface area contributed by atoms with E-state index in [1.54, 1.807) is 13.1 Å². The third kappa shape index (κ3) is 4.34. The monoisotopic (exact) mass is 421 g/mol. The van der Waals surface area contributed by atoms with Gasteiger partial charge in [-0.15, -0.1) is 0 Å². The van der Waals surface area contributed by atoms with E-state index in [0.29, 0.717) is 24.1 Å². The van der Waals surface area contributed by atoms with Gasteiger partial charge in [-0.25, -0.2) is 9.78 Å². The number of carboxylic acid groups (broad SMARTS) is 1. The van der Waals surface area contributed by atoms with Gasteiger partial charge in [0.25, 0.3) is 0 Å². The summed E-state index contributed by atoms with van der Waals surface area (Å²) < 4.78 is 6.24. The Balaban J connectivity index is 1.43. The van der Waals surface area contributed by atoms with Crippen LogP contribution in [-0.4, -0.2) is 48.4 Å². The van der Waals surface area contributed by atoms with Crippen molar-refractivity contribution in [2.45, 2.75) is 13.3 Å². The van der Waals surface area contributed by atoms with Gasteiger partial charge in [-0.2, -0.15) is 10.1 Å². The lowest BCUT2D eigenvalue weighted by Gasteiger charge is -2.09. The molecule has 0 aliphatic carbocycles. The summed E-state index contributed by atoms with van der Waals surface area (Å²) in [5.74, 6) is 0.366. The lowest BCUT2D eigenvalue weighted by atomic mass is 10.1. The normalized spacial score (nSPS) is 10.9. The highest BCUT2D eigenvalue weighted by Gasteiger charge is 2.14. The molecule has 0 radical (unpaired) electrons. The third-order valence-electron chi connectivity index (χ3n) is 4.56. The molecule has 0 unspecified atom stereocenters. The molecule has 0 saturated heterocycles. The molecule has 0 fully saturated rings. The molecular formula is C20H19N7O4. The minimum absolute atomic E-state index is 0.0130. The smallest absolute Gasteiger partial charge is 0.354 e. The Bertz CT molecular complexity index is 1280. The van der Waals surface area contributed by atoms with Crippen LogP contribution in [0.5, 0.6) is 0 Å². The molecule has 0 saturated carbocycles. The first kappa shape index (κ1) is 20.0. The topological polar surface area (TPSA) is 148 Å². The Morgan fingerprint density at radius 2 is 2.06 bits per heavy atom. The number of hydrogen-bond acceptors (Lipinski definition) is 8. The SMILES string of the molecule is Cc1nc(-c2ccc3ccnc(NCCC(=O)Nc4cc(C(=O)O)n(C)n4)c3c2)no1. The van der Waals surface area contributed by atoms with Crippen LogP contribution in [-0.2, 0) is 11.8 Å². The molecule has 0 aliphatic heterocycles. The number of carbonyl (C=O) groups excluding carboxylic acids is 1. The van der Waals surface area contributed by atoms with E-state index in [4.69, 9.17) is 9.63 Å². The van der Waals surface area contributed by atoms with E-state index in [9.17, 15) is 9.59 Å². The highest BCUT2D eigenvalue weighted by Crippen LogP contribution is 2.26. The molecular weight excluding hydrogens is 402 g/mol. The number of benzene rings is 1. The molecule has 4 aromatic rings. The highest BCUT2D eigenvalue weighted by molar-refractivity contribution is 5.95. The first-order valence-electron chi connectivity index (χ1n) is 9.41. The van der Waals surface area contributed by atoms with Crippen molar-refractivity contribution in [3.63, 3.8) is 0 Å². The van der Waals surface area contributed by atoms with Crippen molar-refractivity contribution in [1.82, 2.24) is 24.9 Å². The largest absolute Gasteiger partial charge is 0.477 e. The predicted molar refractivity (Wildman–Crippen MR) is 112 cm³/mol. The number of carboxylic acids is 1. The molecule has 3 heterocycles. The number of rotatable bonds is 7. The molecule has 0 atom stereocenters. The number of fused-ring (bicyclic) bond motifs is 1. The number of amides is 1. The number of carbonyl (C=O) groups is 2. The van der Waals surface area contributed by atoms with Crippen LogP contribution in [0.4, 0.5) is 11.6 Å². The fourth-order valence-corrected chi connectivity index (χ4v) is 3.09. The summed E-state index contributed by atoms with van der Waals surface area (Å²) in [6.45, 7) is 2.05. The van der Waals surface area contributed by atoms with E-state index in [1.807, 2.05) is 24.3 Å². The Kier molecular flexibility index (Phi) is 5.31. The van der Waals surface area contributed by atoms with E-state index in [-0.39, 0.29) is 23.8 Å². The highest BCUT2D eigenvalue weighted by atomic mass is 16.5. The number of aryl methyl sites for hydroxylation is 2. The zero-order chi connectivity index (χ0) is 22.0. The summed E-state index contributed by atoms with van der Waals surface area (Å²) in [6.07, 6.45) is 1.82. The fraction of sp³-hybridized carbons (Fsp3) is 0.200. The van der Waals surface area contributed by atoms with Gasteiger partial charge in [0.2, 0.25) is 17.6 Å². The number of anilines is 2. The average molecular weight is 421 g/mol. The number of hydrogen-bond donors (Lipinski definition) is 3. The number of nitrogens with zero attached hydrogens (tertiary/aromatic N) is 5. The molecule has 11 nitrogen and oxygen atoms in total. The van der Waals surface area contributed by atoms with Crippen LogP contribution in [0, 0.1) is 6.92 Å². The summed E-state index contributed by atoms with van der Waals surface area (Å²) in [7, 11) is 1.50. The molecule has 4 rings (SSSR count). The second kappa shape index (κ2) is 8.22. The van der Waals surface area contributed by atoms with Crippen molar-refractivity contribution in [2.75, 3.05) is 17.2 Å². The molecule has 0 aliphatic rings. The van der Waals surface area contributed by atoms with Crippen LogP contribution >= 0.6 is 0 Å². The molecule has 1 aromatic carbocycles. The van der Waals surface area contributed by atoms with Crippen molar-refractivity contribution in [3.05, 3.63) is 48.1 Å². The van der Waals surface area contributed by atoms with Gasteiger partial charge in [0.05, 0.1) is 0 Å². The lowest BCUT2D eigenvalue weighted by Crippen LogP contribution is -2.17. The summed E-state index contributed by atoms with van der Waals surface area (Å²) in [4.78, 5) is 31.9. The van der Waals surface area contributed by atoms with E-state index in [2.05, 4.69) is 30.9 Å². The minimum atomic E-state index is -1.12. The van der Waals surface area contributed by atoms with Crippen LogP contribution in [0.1, 0.15) is 22.8 Å². The zero-order valence-electron chi connectivity index (χ0n) is 16.8.